The number of rotatable bonds is 2. The Morgan fingerprint density at radius 1 is 1.19 bits per heavy atom. The van der Waals surface area contributed by atoms with E-state index in [9.17, 15) is 27.2 Å². The molecule has 0 spiro atoms. The molecule has 1 heterocycles. The Morgan fingerprint density at radius 2 is 1.86 bits per heavy atom. The third-order valence-corrected chi connectivity index (χ3v) is 6.14. The standard InChI is InChI=1S/C17H17F3N2OS.C9H10FNO.H2/c1-16(2)8-4-3-5-14(24)22(15(16)23)12-7-6-11(10-21)13(9-12)17(18,19)20;1-6-3-4-7(8(10)5-6)9(12)11-2;/h6-7,9H,3-5,8H2,1-2H3;3-5H,1-2H3,(H,11,12);1H. The lowest BCUT2D eigenvalue weighted by Gasteiger charge is -2.34. The molecule has 5 nitrogen and oxygen atoms in total. The Morgan fingerprint density at radius 3 is 2.42 bits per heavy atom. The molecule has 0 aromatic heterocycles. The average Bonchev–Trinajstić information content (AvgIpc) is 2.80. The number of nitrogens with zero attached hydrogens (tertiary/aromatic N) is 2. The number of hydrogen-bond donors (Lipinski definition) is 1. The molecule has 0 aliphatic carbocycles. The molecule has 10 heteroatoms. The zero-order valence-electron chi connectivity index (χ0n) is 20.4. The van der Waals surface area contributed by atoms with Gasteiger partial charge in [-0.2, -0.15) is 18.4 Å². The number of amides is 2. The number of benzene rings is 2. The van der Waals surface area contributed by atoms with Gasteiger partial charge in [0.1, 0.15) is 5.82 Å². The summed E-state index contributed by atoms with van der Waals surface area (Å²) in [5, 5.41) is 11.3. The van der Waals surface area contributed by atoms with Gasteiger partial charge < -0.3 is 5.32 Å². The average molecular weight is 524 g/mol. The highest BCUT2D eigenvalue weighted by Crippen LogP contribution is 2.37. The van der Waals surface area contributed by atoms with Gasteiger partial charge in [0.2, 0.25) is 5.91 Å². The fourth-order valence-electron chi connectivity index (χ4n) is 3.68. The fourth-order valence-corrected chi connectivity index (χ4v) is 4.01. The van der Waals surface area contributed by atoms with Crippen molar-refractivity contribution in [3.8, 4) is 6.07 Å². The number of nitrogens with one attached hydrogen (secondary N) is 1. The highest BCUT2D eigenvalue weighted by atomic mass is 32.1. The molecular formula is C26H29F4N3O2S. The number of aryl methyl sites for hydroxylation is 1. The number of nitriles is 1. The van der Waals surface area contributed by atoms with Crippen molar-refractivity contribution in [1.29, 1.82) is 5.26 Å². The SMILES string of the molecule is CC1(C)CCCCC(=S)N(c2ccc(C#N)c(C(F)(F)F)c2)C1=O.CNC(=O)c1ccc(C)cc1F.[HH]. The first-order chi connectivity index (χ1) is 16.7. The quantitative estimate of drug-likeness (QED) is 0.357. The molecule has 1 fully saturated rings. The number of halogens is 4. The number of carbonyl (C=O) groups excluding carboxylic acids is 2. The highest BCUT2D eigenvalue weighted by Gasteiger charge is 2.38. The van der Waals surface area contributed by atoms with Gasteiger partial charge in [0.05, 0.1) is 33.4 Å². The van der Waals surface area contributed by atoms with E-state index in [1.165, 1.54) is 36.2 Å². The number of alkyl halides is 3. The zero-order valence-corrected chi connectivity index (χ0v) is 21.2. The molecule has 36 heavy (non-hydrogen) atoms. The molecule has 0 saturated carbocycles. The van der Waals surface area contributed by atoms with Crippen LogP contribution in [0.3, 0.4) is 0 Å². The van der Waals surface area contributed by atoms with Crippen molar-refractivity contribution in [2.24, 2.45) is 5.41 Å². The van der Waals surface area contributed by atoms with E-state index in [4.69, 9.17) is 17.5 Å². The minimum Gasteiger partial charge on any atom is -0.355 e. The van der Waals surface area contributed by atoms with Crippen molar-refractivity contribution >= 4 is 34.7 Å². The number of anilines is 1. The van der Waals surface area contributed by atoms with Crippen molar-refractivity contribution in [3.63, 3.8) is 0 Å². The first-order valence-corrected chi connectivity index (χ1v) is 11.6. The second-order valence-electron chi connectivity index (χ2n) is 9.03. The lowest BCUT2D eigenvalue weighted by molar-refractivity contribution is -0.137. The molecule has 0 atom stereocenters. The van der Waals surface area contributed by atoms with Gasteiger partial charge in [-0.25, -0.2) is 4.39 Å². The van der Waals surface area contributed by atoms with Crippen molar-refractivity contribution in [2.75, 3.05) is 11.9 Å². The Hall–Kier alpha value is -3.32. The van der Waals surface area contributed by atoms with Gasteiger partial charge in [-0.3, -0.25) is 14.5 Å². The number of hydrogen-bond acceptors (Lipinski definition) is 4. The van der Waals surface area contributed by atoms with Crippen LogP contribution in [0.25, 0.3) is 0 Å². The summed E-state index contributed by atoms with van der Waals surface area (Å²) in [4.78, 5) is 25.3. The van der Waals surface area contributed by atoms with E-state index < -0.39 is 34.4 Å². The van der Waals surface area contributed by atoms with Crippen LogP contribution in [0, 0.1) is 29.5 Å². The van der Waals surface area contributed by atoms with Crippen LogP contribution >= 0.6 is 12.2 Å². The predicted molar refractivity (Wildman–Crippen MR) is 135 cm³/mol. The van der Waals surface area contributed by atoms with E-state index in [1.54, 1.807) is 26.8 Å². The molecule has 1 aliphatic heterocycles. The van der Waals surface area contributed by atoms with Crippen LogP contribution in [0.1, 0.15) is 68.0 Å². The van der Waals surface area contributed by atoms with Crippen molar-refractivity contribution < 1.29 is 28.6 Å². The second-order valence-corrected chi connectivity index (χ2v) is 9.50. The van der Waals surface area contributed by atoms with E-state index in [0.717, 1.165) is 30.5 Å². The van der Waals surface area contributed by atoms with Gasteiger partial charge in [0, 0.05) is 13.9 Å². The van der Waals surface area contributed by atoms with E-state index in [2.05, 4.69) is 5.32 Å². The first-order valence-electron chi connectivity index (χ1n) is 11.2. The molecule has 1 saturated heterocycles. The maximum absolute atomic E-state index is 13.2. The van der Waals surface area contributed by atoms with Crippen molar-refractivity contribution in [2.45, 2.75) is 52.6 Å². The molecule has 0 unspecified atom stereocenters. The molecule has 3 rings (SSSR count). The van der Waals surface area contributed by atoms with Gasteiger partial charge >= 0.3 is 6.18 Å². The maximum atomic E-state index is 13.2. The minimum atomic E-state index is -4.68. The van der Waals surface area contributed by atoms with Gasteiger partial charge in [-0.15, -0.1) is 0 Å². The Kier molecular flexibility index (Phi) is 9.32. The molecule has 2 amide bonds. The van der Waals surface area contributed by atoms with Crippen LogP contribution in [-0.2, 0) is 11.0 Å². The summed E-state index contributed by atoms with van der Waals surface area (Å²) >= 11 is 5.29. The van der Waals surface area contributed by atoms with Gasteiger partial charge in [0.25, 0.3) is 5.91 Å². The third-order valence-electron chi connectivity index (χ3n) is 5.76. The molecule has 1 aliphatic rings. The fraction of sp³-hybridized carbons (Fsp3) is 0.385. The summed E-state index contributed by atoms with van der Waals surface area (Å²) in [6, 6.07) is 9.31. The van der Waals surface area contributed by atoms with Crippen LogP contribution < -0.4 is 10.2 Å². The summed E-state index contributed by atoms with van der Waals surface area (Å²) in [5.41, 5.74) is -1.29. The summed E-state index contributed by atoms with van der Waals surface area (Å²) in [6.07, 6.45) is -1.93. The van der Waals surface area contributed by atoms with Gasteiger partial charge in [0.15, 0.2) is 0 Å². The minimum absolute atomic E-state index is 0. The molecular weight excluding hydrogens is 494 g/mol. The smallest absolute Gasteiger partial charge is 0.355 e. The predicted octanol–water partition coefficient (Wildman–Crippen LogP) is 6.58. The summed E-state index contributed by atoms with van der Waals surface area (Å²) in [5.74, 6) is -1.19. The highest BCUT2D eigenvalue weighted by molar-refractivity contribution is 7.80. The summed E-state index contributed by atoms with van der Waals surface area (Å²) in [7, 11) is 1.47. The van der Waals surface area contributed by atoms with Gasteiger partial charge in [-0.1, -0.05) is 38.6 Å². The number of thiocarbonyl (C=S) groups is 1. The Labute approximate surface area is 214 Å². The molecule has 0 radical (unpaired) electrons. The van der Waals surface area contributed by atoms with Crippen molar-refractivity contribution in [3.05, 3.63) is 64.5 Å². The normalized spacial score (nSPS) is 15.7. The maximum Gasteiger partial charge on any atom is 0.417 e. The molecule has 0 bridgehead atoms. The Bertz CT molecular complexity index is 1210. The molecule has 2 aromatic carbocycles. The summed E-state index contributed by atoms with van der Waals surface area (Å²) in [6.45, 7) is 5.31. The number of carbonyl (C=O) groups is 2. The zero-order chi connectivity index (χ0) is 27.3. The monoisotopic (exact) mass is 523 g/mol. The van der Waals surface area contributed by atoms with Crippen LogP contribution in [0.4, 0.5) is 23.2 Å². The van der Waals surface area contributed by atoms with Crippen molar-refractivity contribution in [1.82, 2.24) is 5.32 Å². The first kappa shape index (κ1) is 28.9. The topological polar surface area (TPSA) is 73.2 Å². The summed E-state index contributed by atoms with van der Waals surface area (Å²) < 4.78 is 52.6. The largest absolute Gasteiger partial charge is 0.417 e. The van der Waals surface area contributed by atoms with Crippen LogP contribution in [0.2, 0.25) is 0 Å². The van der Waals surface area contributed by atoms with Crippen LogP contribution in [0.15, 0.2) is 36.4 Å². The molecule has 194 valence electrons. The third kappa shape index (κ3) is 6.88. The van der Waals surface area contributed by atoms with E-state index in [0.29, 0.717) is 17.8 Å². The van der Waals surface area contributed by atoms with E-state index >= 15 is 0 Å². The Balaban J connectivity index is 0.000000445. The van der Waals surface area contributed by atoms with Crippen LogP contribution in [0.5, 0.6) is 0 Å². The second kappa shape index (κ2) is 11.6. The van der Waals surface area contributed by atoms with E-state index in [-0.39, 0.29) is 18.6 Å². The van der Waals surface area contributed by atoms with E-state index in [1.807, 2.05) is 0 Å². The molecule has 1 N–H and O–H groups in total. The van der Waals surface area contributed by atoms with Gasteiger partial charge in [-0.05, 0) is 62.1 Å². The van der Waals surface area contributed by atoms with Crippen LogP contribution in [-0.4, -0.2) is 23.9 Å². The lowest BCUT2D eigenvalue weighted by Crippen LogP contribution is -2.45. The lowest BCUT2D eigenvalue weighted by atomic mass is 9.83. The molecule has 2 aromatic rings.